The molecular weight excluding hydrogens is 390 g/mol. The standard InChI is InChI=1S/C24H27N5O2/c1-17(30)25-21(18-9-4-2-5-10-18)16-23(31)26-20-12-8-11-19(15-20)24-28-27-22-13-6-3-7-14-29(22)24/h2,4-5,8-12,15,21H,3,6-7,13-14,16H2,1H3,(H,25,30)(H,26,31)/t21-/m1/s1. The molecule has 2 aromatic carbocycles. The van der Waals surface area contributed by atoms with Crippen molar-refractivity contribution in [2.24, 2.45) is 0 Å². The molecule has 2 amide bonds. The van der Waals surface area contributed by atoms with Gasteiger partial charge in [0.15, 0.2) is 5.82 Å². The van der Waals surface area contributed by atoms with E-state index in [1.54, 1.807) is 0 Å². The molecule has 2 N–H and O–H groups in total. The van der Waals surface area contributed by atoms with Gasteiger partial charge in [-0.3, -0.25) is 9.59 Å². The van der Waals surface area contributed by atoms with Crippen molar-refractivity contribution in [2.45, 2.75) is 51.6 Å². The van der Waals surface area contributed by atoms with Crippen molar-refractivity contribution in [3.05, 3.63) is 66.0 Å². The quantitative estimate of drug-likeness (QED) is 0.637. The van der Waals surface area contributed by atoms with Gasteiger partial charge in [0.25, 0.3) is 0 Å². The summed E-state index contributed by atoms with van der Waals surface area (Å²) in [6.45, 7) is 2.38. The monoisotopic (exact) mass is 417 g/mol. The fourth-order valence-corrected chi connectivity index (χ4v) is 4.01. The number of hydrogen-bond donors (Lipinski definition) is 2. The van der Waals surface area contributed by atoms with Crippen LogP contribution >= 0.6 is 0 Å². The van der Waals surface area contributed by atoms with Crippen LogP contribution in [0.1, 0.15) is 50.0 Å². The van der Waals surface area contributed by atoms with Crippen LogP contribution in [0.4, 0.5) is 5.69 Å². The summed E-state index contributed by atoms with van der Waals surface area (Å²) in [6.07, 6.45) is 4.57. The molecule has 0 saturated heterocycles. The number of nitrogens with zero attached hydrogens (tertiary/aromatic N) is 3. The SMILES string of the molecule is CC(=O)N[C@H](CC(=O)Nc1cccc(-c2nnc3n2CCCCC3)c1)c1ccccc1. The Hall–Kier alpha value is -3.48. The lowest BCUT2D eigenvalue weighted by atomic mass is 10.0. The smallest absolute Gasteiger partial charge is 0.226 e. The Bertz CT molecular complexity index is 1060. The van der Waals surface area contributed by atoms with Crippen LogP contribution in [0.2, 0.25) is 0 Å². The Labute approximate surface area is 181 Å². The first kappa shape index (κ1) is 20.8. The number of benzene rings is 2. The van der Waals surface area contributed by atoms with Crippen LogP contribution in [0.25, 0.3) is 11.4 Å². The van der Waals surface area contributed by atoms with E-state index in [0.29, 0.717) is 5.69 Å². The van der Waals surface area contributed by atoms with Gasteiger partial charge in [0.2, 0.25) is 11.8 Å². The molecule has 3 aromatic rings. The average molecular weight is 418 g/mol. The van der Waals surface area contributed by atoms with Gasteiger partial charge in [0, 0.05) is 31.1 Å². The second kappa shape index (κ2) is 9.55. The van der Waals surface area contributed by atoms with E-state index < -0.39 is 0 Å². The molecule has 31 heavy (non-hydrogen) atoms. The summed E-state index contributed by atoms with van der Waals surface area (Å²) >= 11 is 0. The highest BCUT2D eigenvalue weighted by Gasteiger charge is 2.19. The van der Waals surface area contributed by atoms with Crippen LogP contribution in [0, 0.1) is 0 Å². The third-order valence-electron chi connectivity index (χ3n) is 5.48. The Morgan fingerprint density at radius 3 is 2.68 bits per heavy atom. The number of nitrogens with one attached hydrogen (secondary N) is 2. The van der Waals surface area contributed by atoms with Gasteiger partial charge in [0.1, 0.15) is 5.82 Å². The minimum absolute atomic E-state index is 0.147. The molecule has 7 heteroatoms. The lowest BCUT2D eigenvalue weighted by Gasteiger charge is -2.18. The topological polar surface area (TPSA) is 88.9 Å². The third kappa shape index (κ3) is 5.17. The molecule has 0 aliphatic carbocycles. The maximum absolute atomic E-state index is 12.8. The molecule has 0 spiro atoms. The number of carbonyl (C=O) groups is 2. The van der Waals surface area contributed by atoms with E-state index in [2.05, 4.69) is 25.4 Å². The summed E-state index contributed by atoms with van der Waals surface area (Å²) in [5, 5.41) is 14.6. The number of aromatic nitrogens is 3. The summed E-state index contributed by atoms with van der Waals surface area (Å²) < 4.78 is 2.19. The molecule has 0 fully saturated rings. The van der Waals surface area contributed by atoms with Gasteiger partial charge in [-0.05, 0) is 30.5 Å². The summed E-state index contributed by atoms with van der Waals surface area (Å²) in [5.74, 6) is 1.53. The molecule has 2 heterocycles. The average Bonchev–Trinajstić information content (AvgIpc) is 3.02. The number of hydrogen-bond acceptors (Lipinski definition) is 4. The van der Waals surface area contributed by atoms with Gasteiger partial charge in [-0.25, -0.2) is 0 Å². The Kier molecular flexibility index (Phi) is 6.40. The molecule has 0 bridgehead atoms. The minimum Gasteiger partial charge on any atom is -0.349 e. The predicted octanol–water partition coefficient (Wildman–Crippen LogP) is 3.88. The second-order valence-corrected chi connectivity index (χ2v) is 7.90. The molecule has 1 aliphatic heterocycles. The Balaban J connectivity index is 1.49. The number of anilines is 1. The zero-order valence-corrected chi connectivity index (χ0v) is 17.7. The van der Waals surface area contributed by atoms with Crippen molar-refractivity contribution < 1.29 is 9.59 Å². The van der Waals surface area contributed by atoms with Crippen molar-refractivity contribution in [1.82, 2.24) is 20.1 Å². The lowest BCUT2D eigenvalue weighted by Crippen LogP contribution is -2.29. The molecule has 4 rings (SSSR count). The fourth-order valence-electron chi connectivity index (χ4n) is 4.01. The highest BCUT2D eigenvalue weighted by Crippen LogP contribution is 2.25. The summed E-state index contributed by atoms with van der Waals surface area (Å²) in [4.78, 5) is 24.4. The van der Waals surface area contributed by atoms with Crippen molar-refractivity contribution in [3.63, 3.8) is 0 Å². The zero-order chi connectivity index (χ0) is 21.6. The highest BCUT2D eigenvalue weighted by molar-refractivity contribution is 5.92. The van der Waals surface area contributed by atoms with Crippen LogP contribution in [-0.4, -0.2) is 26.6 Å². The van der Waals surface area contributed by atoms with E-state index in [9.17, 15) is 9.59 Å². The minimum atomic E-state index is -0.380. The number of carbonyl (C=O) groups excluding carboxylic acids is 2. The molecule has 1 atom stereocenters. The van der Waals surface area contributed by atoms with Gasteiger partial charge in [-0.1, -0.05) is 48.9 Å². The summed E-state index contributed by atoms with van der Waals surface area (Å²) in [6, 6.07) is 16.8. The normalized spacial score (nSPS) is 14.2. The van der Waals surface area contributed by atoms with Gasteiger partial charge < -0.3 is 15.2 Å². The van der Waals surface area contributed by atoms with Gasteiger partial charge in [-0.15, -0.1) is 10.2 Å². The molecule has 0 unspecified atom stereocenters. The van der Waals surface area contributed by atoms with Gasteiger partial charge in [0.05, 0.1) is 12.5 Å². The molecule has 7 nitrogen and oxygen atoms in total. The highest BCUT2D eigenvalue weighted by atomic mass is 16.2. The van der Waals surface area contributed by atoms with Crippen LogP contribution in [-0.2, 0) is 22.6 Å². The first-order valence-corrected chi connectivity index (χ1v) is 10.7. The number of fused-ring (bicyclic) bond motifs is 1. The van der Waals surface area contributed by atoms with Crippen molar-refractivity contribution in [2.75, 3.05) is 5.32 Å². The maximum atomic E-state index is 12.8. The zero-order valence-electron chi connectivity index (χ0n) is 17.7. The first-order chi connectivity index (χ1) is 15.1. The molecule has 1 aromatic heterocycles. The van der Waals surface area contributed by atoms with E-state index in [-0.39, 0.29) is 24.3 Å². The Morgan fingerprint density at radius 1 is 1.03 bits per heavy atom. The third-order valence-corrected chi connectivity index (χ3v) is 5.48. The van der Waals surface area contributed by atoms with Gasteiger partial charge >= 0.3 is 0 Å². The number of amides is 2. The lowest BCUT2D eigenvalue weighted by molar-refractivity contribution is -0.120. The summed E-state index contributed by atoms with van der Waals surface area (Å²) in [5.41, 5.74) is 2.52. The number of aryl methyl sites for hydroxylation is 1. The largest absolute Gasteiger partial charge is 0.349 e. The van der Waals surface area contributed by atoms with E-state index in [1.165, 1.54) is 13.3 Å². The van der Waals surface area contributed by atoms with Crippen molar-refractivity contribution >= 4 is 17.5 Å². The maximum Gasteiger partial charge on any atom is 0.226 e. The molecule has 1 aliphatic rings. The molecule has 0 radical (unpaired) electrons. The Morgan fingerprint density at radius 2 is 1.87 bits per heavy atom. The van der Waals surface area contributed by atoms with E-state index in [0.717, 1.165) is 48.6 Å². The molecular formula is C24H27N5O2. The predicted molar refractivity (Wildman–Crippen MR) is 119 cm³/mol. The van der Waals surface area contributed by atoms with Crippen LogP contribution in [0.15, 0.2) is 54.6 Å². The van der Waals surface area contributed by atoms with Crippen LogP contribution < -0.4 is 10.6 Å². The second-order valence-electron chi connectivity index (χ2n) is 7.90. The van der Waals surface area contributed by atoms with Crippen molar-refractivity contribution in [1.29, 1.82) is 0 Å². The van der Waals surface area contributed by atoms with Crippen LogP contribution in [0.3, 0.4) is 0 Å². The van der Waals surface area contributed by atoms with Crippen molar-refractivity contribution in [3.8, 4) is 11.4 Å². The van der Waals surface area contributed by atoms with E-state index in [4.69, 9.17) is 0 Å². The molecule has 0 saturated carbocycles. The van der Waals surface area contributed by atoms with Gasteiger partial charge in [-0.2, -0.15) is 0 Å². The fraction of sp³-hybridized carbons (Fsp3) is 0.333. The number of rotatable bonds is 6. The van der Waals surface area contributed by atoms with E-state index >= 15 is 0 Å². The molecule has 160 valence electrons. The van der Waals surface area contributed by atoms with Crippen LogP contribution in [0.5, 0.6) is 0 Å². The summed E-state index contributed by atoms with van der Waals surface area (Å²) in [7, 11) is 0. The first-order valence-electron chi connectivity index (χ1n) is 10.7. The van der Waals surface area contributed by atoms with E-state index in [1.807, 2.05) is 54.6 Å².